The van der Waals surface area contributed by atoms with Gasteiger partial charge in [-0.15, -0.1) is 0 Å². The van der Waals surface area contributed by atoms with Gasteiger partial charge in [-0.05, 0) is 31.2 Å². The van der Waals surface area contributed by atoms with E-state index in [0.717, 1.165) is 18.2 Å². The van der Waals surface area contributed by atoms with Crippen LogP contribution in [0.2, 0.25) is 0 Å². The standard InChI is InChI=1S/C17H10F5NO4S/c1-16(24)14-12(28(25,26)17(16,21)22)4-3-11(13(14)15(19)20)27-10-6-8(18)5-9(7-10)23-2/h3-7,15,24H,1H3. The van der Waals surface area contributed by atoms with Gasteiger partial charge in [0.25, 0.3) is 6.43 Å². The predicted octanol–water partition coefficient (Wildman–Crippen LogP) is 4.69. The zero-order chi connectivity index (χ0) is 21.1. The molecular formula is C17H10F5NO4S. The van der Waals surface area contributed by atoms with E-state index in [4.69, 9.17) is 11.3 Å². The van der Waals surface area contributed by atoms with Crippen LogP contribution in [-0.4, -0.2) is 18.8 Å². The zero-order valence-corrected chi connectivity index (χ0v) is 14.7. The minimum absolute atomic E-state index is 0.212. The third-order valence-corrected chi connectivity index (χ3v) is 6.27. The molecule has 1 aliphatic rings. The molecule has 0 bridgehead atoms. The molecule has 0 amide bonds. The summed E-state index contributed by atoms with van der Waals surface area (Å²) in [4.78, 5) is 1.83. The Morgan fingerprint density at radius 1 is 1.21 bits per heavy atom. The Hall–Kier alpha value is -2.71. The van der Waals surface area contributed by atoms with Crippen molar-refractivity contribution in [1.82, 2.24) is 0 Å². The lowest BCUT2D eigenvalue weighted by atomic mass is 9.91. The highest BCUT2D eigenvalue weighted by Crippen LogP contribution is 2.57. The van der Waals surface area contributed by atoms with Crippen molar-refractivity contribution >= 4 is 15.5 Å². The summed E-state index contributed by atoms with van der Waals surface area (Å²) in [6, 6.07) is 3.95. The number of ether oxygens (including phenoxy) is 1. The van der Waals surface area contributed by atoms with Crippen molar-refractivity contribution in [3.8, 4) is 11.5 Å². The van der Waals surface area contributed by atoms with Gasteiger partial charge in [0.2, 0.25) is 9.84 Å². The maximum atomic E-state index is 14.2. The lowest BCUT2D eigenvalue weighted by Crippen LogP contribution is -2.42. The minimum Gasteiger partial charge on any atom is -0.458 e. The maximum absolute atomic E-state index is 14.2. The van der Waals surface area contributed by atoms with E-state index >= 15 is 0 Å². The Morgan fingerprint density at radius 3 is 2.43 bits per heavy atom. The van der Waals surface area contributed by atoms with E-state index in [1.807, 2.05) is 0 Å². The first-order chi connectivity index (χ1) is 12.8. The maximum Gasteiger partial charge on any atom is 0.381 e. The second kappa shape index (κ2) is 6.15. The highest BCUT2D eigenvalue weighted by molar-refractivity contribution is 7.93. The number of halogens is 5. The molecule has 0 saturated carbocycles. The molecule has 1 N–H and O–H groups in total. The molecule has 0 fully saturated rings. The van der Waals surface area contributed by atoms with Crippen molar-refractivity contribution in [3.63, 3.8) is 0 Å². The summed E-state index contributed by atoms with van der Waals surface area (Å²) in [6.07, 6.45) is -3.51. The molecule has 1 aliphatic heterocycles. The quantitative estimate of drug-likeness (QED) is 0.579. The fourth-order valence-corrected chi connectivity index (χ4v) is 4.68. The summed E-state index contributed by atoms with van der Waals surface area (Å²) in [5.74, 6) is -2.06. The van der Waals surface area contributed by atoms with Crippen molar-refractivity contribution < 1.29 is 40.2 Å². The van der Waals surface area contributed by atoms with Crippen molar-refractivity contribution in [2.45, 2.75) is 29.1 Å². The number of hydrogen-bond donors (Lipinski definition) is 1. The van der Waals surface area contributed by atoms with Crippen LogP contribution in [0.5, 0.6) is 11.5 Å². The molecule has 0 spiro atoms. The highest BCUT2D eigenvalue weighted by atomic mass is 32.2. The van der Waals surface area contributed by atoms with Crippen LogP contribution in [0.3, 0.4) is 0 Å². The molecule has 3 rings (SSSR count). The molecular weight excluding hydrogens is 409 g/mol. The van der Waals surface area contributed by atoms with Crippen LogP contribution >= 0.6 is 0 Å². The normalized spacial score (nSPS) is 22.0. The van der Waals surface area contributed by atoms with Crippen LogP contribution in [-0.2, 0) is 15.4 Å². The van der Waals surface area contributed by atoms with Gasteiger partial charge in [-0.25, -0.2) is 26.4 Å². The van der Waals surface area contributed by atoms with Crippen LogP contribution in [0.15, 0.2) is 35.2 Å². The third kappa shape index (κ3) is 2.63. The summed E-state index contributed by atoms with van der Waals surface area (Å²) in [5, 5.41) is 5.39. The summed E-state index contributed by atoms with van der Waals surface area (Å²) < 4.78 is 98.6. The molecule has 0 radical (unpaired) electrons. The topological polar surface area (TPSA) is 68.0 Å². The number of sulfone groups is 1. The molecule has 2 aromatic rings. The van der Waals surface area contributed by atoms with Crippen LogP contribution in [0.25, 0.3) is 4.85 Å². The van der Waals surface area contributed by atoms with Gasteiger partial charge in [0, 0.05) is 11.6 Å². The number of alkyl halides is 4. The molecule has 2 aromatic carbocycles. The summed E-state index contributed by atoms with van der Waals surface area (Å²) in [7, 11) is -5.43. The summed E-state index contributed by atoms with van der Waals surface area (Å²) >= 11 is 0. The first-order valence-corrected chi connectivity index (χ1v) is 8.99. The second-order valence-corrected chi connectivity index (χ2v) is 8.06. The SMILES string of the molecule is [C-]#[N+]c1cc(F)cc(Oc2ccc3c(c2C(F)F)C(C)(O)C(F)(F)S3(=O)=O)c1. The van der Waals surface area contributed by atoms with Gasteiger partial charge in [0.05, 0.1) is 17.0 Å². The monoisotopic (exact) mass is 419 g/mol. The smallest absolute Gasteiger partial charge is 0.381 e. The molecule has 0 aliphatic carbocycles. The largest absolute Gasteiger partial charge is 0.458 e. The lowest BCUT2D eigenvalue weighted by Gasteiger charge is -2.26. The van der Waals surface area contributed by atoms with Gasteiger partial charge in [0.1, 0.15) is 17.3 Å². The summed E-state index contributed by atoms with van der Waals surface area (Å²) in [6.45, 7) is 7.27. The molecule has 5 nitrogen and oxygen atoms in total. The van der Waals surface area contributed by atoms with Gasteiger partial charge < -0.3 is 9.84 Å². The molecule has 1 unspecified atom stereocenters. The fourth-order valence-electron chi connectivity index (χ4n) is 2.96. The second-order valence-electron chi connectivity index (χ2n) is 6.10. The molecule has 1 heterocycles. The first-order valence-electron chi connectivity index (χ1n) is 7.51. The van der Waals surface area contributed by atoms with E-state index in [1.54, 1.807) is 0 Å². The average molecular weight is 419 g/mol. The van der Waals surface area contributed by atoms with E-state index in [0.29, 0.717) is 19.1 Å². The van der Waals surface area contributed by atoms with Crippen LogP contribution in [0, 0.1) is 12.4 Å². The Kier molecular flexibility index (Phi) is 4.40. The number of fused-ring (bicyclic) bond motifs is 1. The van der Waals surface area contributed by atoms with Crippen molar-refractivity contribution in [2.75, 3.05) is 0 Å². The van der Waals surface area contributed by atoms with Crippen LogP contribution in [0.1, 0.15) is 24.5 Å². The van der Waals surface area contributed by atoms with Gasteiger partial charge >= 0.3 is 5.25 Å². The van der Waals surface area contributed by atoms with Gasteiger partial charge in [-0.3, -0.25) is 0 Å². The fraction of sp³-hybridized carbons (Fsp3) is 0.235. The first kappa shape index (κ1) is 20.0. The Morgan fingerprint density at radius 2 is 1.86 bits per heavy atom. The van der Waals surface area contributed by atoms with Crippen molar-refractivity contribution in [3.05, 3.63) is 58.7 Å². The number of nitrogens with zero attached hydrogens (tertiary/aromatic N) is 1. The number of aliphatic hydroxyl groups is 1. The molecule has 1 atom stereocenters. The number of hydrogen-bond acceptors (Lipinski definition) is 4. The van der Waals surface area contributed by atoms with E-state index in [1.165, 1.54) is 0 Å². The molecule has 148 valence electrons. The van der Waals surface area contributed by atoms with Crippen LogP contribution in [0.4, 0.5) is 27.6 Å². The Labute approximate surface area is 155 Å². The molecule has 0 aromatic heterocycles. The van der Waals surface area contributed by atoms with Crippen molar-refractivity contribution in [2.24, 2.45) is 0 Å². The summed E-state index contributed by atoms with van der Waals surface area (Å²) in [5.41, 5.74) is -6.12. The molecule has 0 saturated heterocycles. The lowest BCUT2D eigenvalue weighted by molar-refractivity contribution is -0.116. The van der Waals surface area contributed by atoms with E-state index in [2.05, 4.69) is 4.85 Å². The van der Waals surface area contributed by atoms with Gasteiger partial charge in [-0.2, -0.15) is 8.78 Å². The average Bonchev–Trinajstić information content (AvgIpc) is 2.69. The van der Waals surface area contributed by atoms with Gasteiger partial charge in [0.15, 0.2) is 11.3 Å². The molecule has 28 heavy (non-hydrogen) atoms. The number of benzene rings is 2. The Balaban J connectivity index is 2.26. The Bertz CT molecular complexity index is 1120. The highest BCUT2D eigenvalue weighted by Gasteiger charge is 2.69. The number of rotatable bonds is 3. The van der Waals surface area contributed by atoms with Gasteiger partial charge in [-0.1, -0.05) is 0 Å². The van der Waals surface area contributed by atoms with E-state index < -0.39 is 54.7 Å². The van der Waals surface area contributed by atoms with Crippen molar-refractivity contribution in [1.29, 1.82) is 0 Å². The van der Waals surface area contributed by atoms with Crippen LogP contribution < -0.4 is 4.74 Å². The van der Waals surface area contributed by atoms with E-state index in [-0.39, 0.29) is 11.4 Å². The minimum atomic E-state index is -5.43. The zero-order valence-electron chi connectivity index (χ0n) is 13.9. The molecule has 11 heteroatoms. The third-order valence-electron chi connectivity index (χ3n) is 4.28. The predicted molar refractivity (Wildman–Crippen MR) is 85.8 cm³/mol. The van der Waals surface area contributed by atoms with E-state index in [9.17, 15) is 35.5 Å².